The lowest BCUT2D eigenvalue weighted by molar-refractivity contribution is -0.386. The molecule has 11 heteroatoms. The number of benzene rings is 1. The average Bonchev–Trinajstić information content (AvgIpc) is 3.31. The molecule has 0 saturated carbocycles. The number of aryl methyl sites for hydroxylation is 1. The fourth-order valence-corrected chi connectivity index (χ4v) is 2.72. The van der Waals surface area contributed by atoms with Crippen LogP contribution in [0.15, 0.2) is 42.7 Å². The first kappa shape index (κ1) is 19.4. The number of hydrogen-bond donors (Lipinski definition) is 1. The summed E-state index contributed by atoms with van der Waals surface area (Å²) in [6.07, 6.45) is 3.08. The van der Waals surface area contributed by atoms with Crippen LogP contribution in [0.4, 0.5) is 5.69 Å². The summed E-state index contributed by atoms with van der Waals surface area (Å²) < 4.78 is 8.51. The van der Waals surface area contributed by atoms with Gasteiger partial charge in [-0.2, -0.15) is 10.2 Å². The van der Waals surface area contributed by atoms with Gasteiger partial charge in [0.2, 0.25) is 0 Å². The highest BCUT2D eigenvalue weighted by atomic mass is 35.5. The minimum atomic E-state index is -0.524. The molecule has 0 spiro atoms. The molecular weight excluding hydrogens is 388 g/mol. The first-order valence-electron chi connectivity index (χ1n) is 8.37. The molecule has 0 aliphatic rings. The van der Waals surface area contributed by atoms with Gasteiger partial charge in [-0.1, -0.05) is 23.7 Å². The van der Waals surface area contributed by atoms with Crippen LogP contribution in [-0.2, 0) is 19.8 Å². The van der Waals surface area contributed by atoms with E-state index in [1.54, 1.807) is 23.0 Å². The van der Waals surface area contributed by atoms with Crippen LogP contribution in [0.5, 0.6) is 5.75 Å². The van der Waals surface area contributed by atoms with Gasteiger partial charge in [-0.05, 0) is 19.1 Å². The molecule has 0 fully saturated rings. The van der Waals surface area contributed by atoms with E-state index in [4.69, 9.17) is 16.3 Å². The molecule has 1 amide bonds. The number of carbonyl (C=O) groups is 1. The molecule has 0 aliphatic heterocycles. The average molecular weight is 405 g/mol. The molecule has 146 valence electrons. The number of hydrogen-bond acceptors (Lipinski definition) is 6. The fourth-order valence-electron chi connectivity index (χ4n) is 2.51. The van der Waals surface area contributed by atoms with Gasteiger partial charge in [0.05, 0.1) is 28.4 Å². The van der Waals surface area contributed by atoms with E-state index in [1.807, 2.05) is 6.92 Å². The summed E-state index contributed by atoms with van der Waals surface area (Å²) in [6.45, 7) is 2.69. The third kappa shape index (κ3) is 4.29. The fraction of sp³-hybridized carbons (Fsp3) is 0.235. The van der Waals surface area contributed by atoms with Gasteiger partial charge in [-0.3, -0.25) is 19.6 Å². The molecule has 2 aromatic heterocycles. The Morgan fingerprint density at radius 1 is 1.36 bits per heavy atom. The standard InChI is InChI=1S/C17H17ClN6O4/c1-2-23-15(12(18)9-20-23)10-19-17(25)13-7-8-22(21-13)11-28-16-6-4-3-5-14(16)24(26)27/h3-9H,2,10-11H2,1H3,(H,19,25). The SMILES string of the molecule is CCn1ncc(Cl)c1CNC(=O)c1ccn(COc2ccccc2[N+](=O)[O-])n1. The van der Waals surface area contributed by atoms with Crippen molar-refractivity contribution >= 4 is 23.2 Å². The van der Waals surface area contributed by atoms with Crippen LogP contribution in [-0.4, -0.2) is 30.4 Å². The summed E-state index contributed by atoms with van der Waals surface area (Å²) in [4.78, 5) is 22.8. The van der Waals surface area contributed by atoms with Gasteiger partial charge in [0, 0.05) is 18.8 Å². The number of ether oxygens (including phenoxy) is 1. The van der Waals surface area contributed by atoms with Crippen molar-refractivity contribution in [2.75, 3.05) is 0 Å². The topological polar surface area (TPSA) is 117 Å². The smallest absolute Gasteiger partial charge is 0.311 e. The lowest BCUT2D eigenvalue weighted by Gasteiger charge is -2.07. The van der Waals surface area contributed by atoms with E-state index >= 15 is 0 Å². The van der Waals surface area contributed by atoms with Gasteiger partial charge in [0.15, 0.2) is 12.5 Å². The minimum Gasteiger partial charge on any atom is -0.464 e. The van der Waals surface area contributed by atoms with Crippen LogP contribution < -0.4 is 10.1 Å². The molecule has 10 nitrogen and oxygen atoms in total. The number of nitro benzene ring substituents is 1. The van der Waals surface area contributed by atoms with E-state index in [1.165, 1.54) is 29.1 Å². The number of carbonyl (C=O) groups excluding carboxylic acids is 1. The predicted molar refractivity (Wildman–Crippen MR) is 100 cm³/mol. The lowest BCUT2D eigenvalue weighted by atomic mass is 10.3. The Morgan fingerprint density at radius 3 is 2.89 bits per heavy atom. The largest absolute Gasteiger partial charge is 0.464 e. The number of halogens is 1. The molecule has 2 heterocycles. The van der Waals surface area contributed by atoms with Gasteiger partial charge in [-0.15, -0.1) is 0 Å². The maximum Gasteiger partial charge on any atom is 0.311 e. The molecule has 0 saturated heterocycles. The summed E-state index contributed by atoms with van der Waals surface area (Å²) in [5, 5.41) is 22.4. The highest BCUT2D eigenvalue weighted by Crippen LogP contribution is 2.25. The Hall–Kier alpha value is -3.40. The van der Waals surface area contributed by atoms with E-state index in [2.05, 4.69) is 15.5 Å². The number of para-hydroxylation sites is 2. The maximum atomic E-state index is 12.3. The van der Waals surface area contributed by atoms with Crippen LogP contribution in [0.1, 0.15) is 23.1 Å². The monoisotopic (exact) mass is 404 g/mol. The van der Waals surface area contributed by atoms with E-state index in [-0.39, 0.29) is 36.3 Å². The van der Waals surface area contributed by atoms with Crippen LogP contribution >= 0.6 is 11.6 Å². The van der Waals surface area contributed by atoms with Gasteiger partial charge in [-0.25, -0.2) is 4.68 Å². The number of nitrogens with one attached hydrogen (secondary N) is 1. The lowest BCUT2D eigenvalue weighted by Crippen LogP contribution is -2.25. The van der Waals surface area contributed by atoms with Crippen molar-refractivity contribution < 1.29 is 14.5 Å². The van der Waals surface area contributed by atoms with Gasteiger partial charge >= 0.3 is 5.69 Å². The number of nitro groups is 1. The molecular formula is C17H17ClN6O4. The molecule has 1 N–H and O–H groups in total. The molecule has 0 atom stereocenters. The van der Waals surface area contributed by atoms with Crippen LogP contribution in [0.25, 0.3) is 0 Å². The van der Waals surface area contributed by atoms with Crippen molar-refractivity contribution in [2.45, 2.75) is 26.7 Å². The Morgan fingerprint density at radius 2 is 2.14 bits per heavy atom. The molecule has 1 aromatic carbocycles. The van der Waals surface area contributed by atoms with Crippen molar-refractivity contribution in [3.63, 3.8) is 0 Å². The molecule has 3 rings (SSSR count). The Balaban J connectivity index is 1.60. The van der Waals surface area contributed by atoms with E-state index in [9.17, 15) is 14.9 Å². The van der Waals surface area contributed by atoms with E-state index in [0.717, 1.165) is 0 Å². The van der Waals surface area contributed by atoms with E-state index < -0.39 is 4.92 Å². The first-order chi connectivity index (χ1) is 13.5. The zero-order valence-electron chi connectivity index (χ0n) is 14.9. The highest BCUT2D eigenvalue weighted by Gasteiger charge is 2.15. The second-order valence-electron chi connectivity index (χ2n) is 5.68. The molecule has 0 bridgehead atoms. The number of aromatic nitrogens is 4. The number of rotatable bonds is 8. The number of amides is 1. The maximum absolute atomic E-state index is 12.3. The number of nitrogens with zero attached hydrogens (tertiary/aromatic N) is 5. The van der Waals surface area contributed by atoms with Crippen LogP contribution in [0, 0.1) is 10.1 Å². The molecule has 0 unspecified atom stereocenters. The normalized spacial score (nSPS) is 10.6. The van der Waals surface area contributed by atoms with E-state index in [0.29, 0.717) is 17.3 Å². The van der Waals surface area contributed by atoms with Crippen molar-refractivity contribution in [1.29, 1.82) is 0 Å². The predicted octanol–water partition coefficient (Wildman–Crippen LogP) is 2.63. The summed E-state index contributed by atoms with van der Waals surface area (Å²) in [5.41, 5.74) is 0.749. The second-order valence-corrected chi connectivity index (χ2v) is 6.08. The highest BCUT2D eigenvalue weighted by molar-refractivity contribution is 6.31. The zero-order chi connectivity index (χ0) is 20.1. The molecule has 0 aliphatic carbocycles. The summed E-state index contributed by atoms with van der Waals surface area (Å²) in [6, 6.07) is 7.56. The third-order valence-corrected chi connectivity index (χ3v) is 4.22. The zero-order valence-corrected chi connectivity index (χ0v) is 15.7. The Kier molecular flexibility index (Phi) is 5.90. The molecule has 3 aromatic rings. The van der Waals surface area contributed by atoms with Crippen molar-refractivity contribution in [2.24, 2.45) is 0 Å². The van der Waals surface area contributed by atoms with Crippen LogP contribution in [0.2, 0.25) is 5.02 Å². The Labute approximate surface area is 164 Å². The van der Waals surface area contributed by atoms with Crippen molar-refractivity contribution in [3.05, 3.63) is 69.3 Å². The Bertz CT molecular complexity index is 999. The molecule has 28 heavy (non-hydrogen) atoms. The van der Waals surface area contributed by atoms with Crippen molar-refractivity contribution in [1.82, 2.24) is 24.9 Å². The van der Waals surface area contributed by atoms with Crippen LogP contribution in [0.3, 0.4) is 0 Å². The van der Waals surface area contributed by atoms with Gasteiger partial charge in [0.25, 0.3) is 5.91 Å². The van der Waals surface area contributed by atoms with Gasteiger partial charge in [0.1, 0.15) is 5.69 Å². The first-order valence-corrected chi connectivity index (χ1v) is 8.75. The summed E-state index contributed by atoms with van der Waals surface area (Å²) >= 11 is 6.07. The molecule has 0 radical (unpaired) electrons. The minimum absolute atomic E-state index is 0.0768. The third-order valence-electron chi connectivity index (χ3n) is 3.90. The summed E-state index contributed by atoms with van der Waals surface area (Å²) in [5.74, 6) is -0.263. The van der Waals surface area contributed by atoms with Gasteiger partial charge < -0.3 is 10.1 Å². The second kappa shape index (κ2) is 8.53. The quantitative estimate of drug-likeness (QED) is 0.455. The summed E-state index contributed by atoms with van der Waals surface area (Å²) in [7, 11) is 0. The van der Waals surface area contributed by atoms with Crippen molar-refractivity contribution in [3.8, 4) is 5.75 Å².